The molecule has 0 amide bonds. The molecule has 5 heteroatoms. The van der Waals surface area contributed by atoms with Crippen LogP contribution in [0.3, 0.4) is 0 Å². The summed E-state index contributed by atoms with van der Waals surface area (Å²) in [4.78, 5) is 16.7. The van der Waals surface area contributed by atoms with Crippen molar-refractivity contribution in [3.8, 4) is 10.4 Å². The molecule has 1 N–H and O–H groups in total. The van der Waals surface area contributed by atoms with Gasteiger partial charge >= 0.3 is 5.97 Å². The number of nitrogens with zero attached hydrogens (tertiary/aromatic N) is 1. The number of carboxylic acids is 1. The van der Waals surface area contributed by atoms with E-state index in [1.807, 2.05) is 30.3 Å². The summed E-state index contributed by atoms with van der Waals surface area (Å²) in [5, 5.41) is 10.3. The fourth-order valence-corrected chi connectivity index (χ4v) is 4.55. The summed E-state index contributed by atoms with van der Waals surface area (Å²) in [6.07, 6.45) is 3.75. The molecule has 0 radical (unpaired) electrons. The molecule has 2 aliphatic heterocycles. The summed E-state index contributed by atoms with van der Waals surface area (Å²) in [6, 6.07) is 9.62. The Labute approximate surface area is 126 Å². The summed E-state index contributed by atoms with van der Waals surface area (Å²) in [5.41, 5.74) is 1.09. The summed E-state index contributed by atoms with van der Waals surface area (Å²) in [7, 11) is 0. The molecule has 108 valence electrons. The third-order valence-electron chi connectivity index (χ3n) is 4.31. The van der Waals surface area contributed by atoms with Gasteiger partial charge in [0.15, 0.2) is 5.69 Å². The smallest absolute Gasteiger partial charge is 0.356 e. The van der Waals surface area contributed by atoms with Crippen LogP contribution in [0, 0.1) is 0 Å². The largest absolute Gasteiger partial charge is 0.476 e. The van der Waals surface area contributed by atoms with Gasteiger partial charge < -0.3 is 9.84 Å². The van der Waals surface area contributed by atoms with Gasteiger partial charge in [0.05, 0.1) is 22.1 Å². The van der Waals surface area contributed by atoms with Crippen molar-refractivity contribution in [1.82, 2.24) is 4.98 Å². The van der Waals surface area contributed by atoms with Gasteiger partial charge in [-0.25, -0.2) is 9.78 Å². The van der Waals surface area contributed by atoms with Crippen molar-refractivity contribution in [3.05, 3.63) is 41.0 Å². The van der Waals surface area contributed by atoms with E-state index in [1.165, 1.54) is 11.3 Å². The molecule has 2 bridgehead atoms. The molecule has 3 atom stereocenters. The summed E-state index contributed by atoms with van der Waals surface area (Å²) in [5.74, 6) is -0.690. The summed E-state index contributed by atoms with van der Waals surface area (Å²) < 4.78 is 5.87. The first kappa shape index (κ1) is 13.0. The monoisotopic (exact) mass is 301 g/mol. The lowest BCUT2D eigenvalue weighted by atomic mass is 9.90. The minimum atomic E-state index is -0.958. The Morgan fingerprint density at radius 2 is 2.10 bits per heavy atom. The van der Waals surface area contributed by atoms with Gasteiger partial charge in [-0.1, -0.05) is 30.3 Å². The zero-order valence-corrected chi connectivity index (χ0v) is 12.2. The predicted molar refractivity (Wildman–Crippen MR) is 79.8 cm³/mol. The molecule has 2 aromatic rings. The number of hydrogen-bond donors (Lipinski definition) is 1. The molecule has 0 aliphatic carbocycles. The Bertz CT molecular complexity index is 682. The second kappa shape index (κ2) is 4.93. The molecular weight excluding hydrogens is 286 g/mol. The molecular formula is C16H15NO3S. The molecule has 3 heterocycles. The second-order valence-electron chi connectivity index (χ2n) is 5.62. The maximum atomic E-state index is 11.5. The number of aromatic nitrogens is 1. The average molecular weight is 301 g/mol. The van der Waals surface area contributed by atoms with Gasteiger partial charge in [0, 0.05) is 5.92 Å². The first-order valence-electron chi connectivity index (χ1n) is 7.17. The first-order chi connectivity index (χ1) is 10.2. The highest BCUT2D eigenvalue weighted by Gasteiger charge is 2.43. The molecule has 4 rings (SSSR count). The van der Waals surface area contributed by atoms with Crippen molar-refractivity contribution < 1.29 is 14.6 Å². The van der Waals surface area contributed by atoms with Crippen LogP contribution in [0.5, 0.6) is 0 Å². The van der Waals surface area contributed by atoms with Gasteiger partial charge in [0.2, 0.25) is 0 Å². The highest BCUT2D eigenvalue weighted by molar-refractivity contribution is 7.15. The van der Waals surface area contributed by atoms with Crippen LogP contribution in [0.25, 0.3) is 10.4 Å². The molecule has 1 aromatic heterocycles. The minimum Gasteiger partial charge on any atom is -0.476 e. The lowest BCUT2D eigenvalue weighted by Crippen LogP contribution is -2.14. The molecule has 4 nitrogen and oxygen atoms in total. The highest BCUT2D eigenvalue weighted by Crippen LogP contribution is 2.47. The molecule has 3 unspecified atom stereocenters. The molecule has 0 saturated carbocycles. The summed E-state index contributed by atoms with van der Waals surface area (Å²) in [6.45, 7) is 0. The van der Waals surface area contributed by atoms with Crippen LogP contribution in [0.15, 0.2) is 30.3 Å². The van der Waals surface area contributed by atoms with Gasteiger partial charge in [0.25, 0.3) is 0 Å². The van der Waals surface area contributed by atoms with E-state index in [2.05, 4.69) is 4.98 Å². The van der Waals surface area contributed by atoms with Gasteiger partial charge in [-0.2, -0.15) is 0 Å². The van der Waals surface area contributed by atoms with Crippen LogP contribution in [0.1, 0.15) is 40.7 Å². The number of aromatic carboxylic acids is 1. The zero-order chi connectivity index (χ0) is 14.4. The van der Waals surface area contributed by atoms with Gasteiger partial charge in [-0.15, -0.1) is 11.3 Å². The Morgan fingerprint density at radius 3 is 2.71 bits per heavy atom. The number of ether oxygens (including phenoxy) is 1. The predicted octanol–water partition coefficient (Wildman–Crippen LogP) is 3.54. The van der Waals surface area contributed by atoms with Crippen LogP contribution in [0.4, 0.5) is 0 Å². The van der Waals surface area contributed by atoms with E-state index >= 15 is 0 Å². The van der Waals surface area contributed by atoms with E-state index in [4.69, 9.17) is 4.74 Å². The molecule has 2 fully saturated rings. The van der Waals surface area contributed by atoms with E-state index in [0.29, 0.717) is 6.10 Å². The second-order valence-corrected chi connectivity index (χ2v) is 6.65. The molecule has 2 aliphatic rings. The van der Waals surface area contributed by atoms with Crippen molar-refractivity contribution in [1.29, 1.82) is 0 Å². The Morgan fingerprint density at radius 1 is 1.29 bits per heavy atom. The van der Waals surface area contributed by atoms with Crippen LogP contribution < -0.4 is 0 Å². The molecule has 2 saturated heterocycles. The number of carbonyl (C=O) groups is 1. The van der Waals surface area contributed by atoms with Crippen molar-refractivity contribution in [2.45, 2.75) is 37.4 Å². The Balaban J connectivity index is 1.75. The van der Waals surface area contributed by atoms with E-state index in [1.54, 1.807) is 0 Å². The van der Waals surface area contributed by atoms with Gasteiger partial charge in [-0.05, 0) is 24.8 Å². The topological polar surface area (TPSA) is 59.4 Å². The fourth-order valence-electron chi connectivity index (χ4n) is 3.32. The van der Waals surface area contributed by atoms with E-state index < -0.39 is 5.97 Å². The molecule has 21 heavy (non-hydrogen) atoms. The molecule has 1 aromatic carbocycles. The Hall–Kier alpha value is -1.72. The van der Waals surface area contributed by atoms with Gasteiger partial charge in [0.1, 0.15) is 0 Å². The zero-order valence-electron chi connectivity index (χ0n) is 11.4. The fraction of sp³-hybridized carbons (Fsp3) is 0.375. The lowest BCUT2D eigenvalue weighted by Gasteiger charge is -2.15. The van der Waals surface area contributed by atoms with Gasteiger partial charge in [-0.3, -0.25) is 0 Å². The summed E-state index contributed by atoms with van der Waals surface area (Å²) >= 11 is 1.51. The van der Waals surface area contributed by atoms with E-state index in [0.717, 1.165) is 34.7 Å². The van der Waals surface area contributed by atoms with E-state index in [-0.39, 0.29) is 17.7 Å². The Kier molecular flexibility index (Phi) is 3.05. The number of thiazole rings is 1. The highest BCUT2D eigenvalue weighted by atomic mass is 32.1. The van der Waals surface area contributed by atoms with Crippen LogP contribution in [0.2, 0.25) is 0 Å². The van der Waals surface area contributed by atoms with Crippen molar-refractivity contribution in [2.75, 3.05) is 0 Å². The molecule has 0 spiro atoms. The normalized spacial score (nSPS) is 27.1. The van der Waals surface area contributed by atoms with E-state index in [9.17, 15) is 9.90 Å². The first-order valence-corrected chi connectivity index (χ1v) is 7.99. The maximum absolute atomic E-state index is 11.5. The lowest BCUT2D eigenvalue weighted by molar-refractivity contribution is 0.0691. The number of fused-ring (bicyclic) bond motifs is 2. The SMILES string of the molecule is O=C(O)c1nc(C2CC3CCC2O3)sc1-c1ccccc1. The number of carboxylic acid groups (broad SMARTS) is 1. The van der Waals surface area contributed by atoms with Crippen molar-refractivity contribution in [3.63, 3.8) is 0 Å². The van der Waals surface area contributed by atoms with Crippen LogP contribution in [-0.4, -0.2) is 28.3 Å². The third kappa shape index (κ3) is 2.17. The number of rotatable bonds is 3. The average Bonchev–Trinajstić information content (AvgIpc) is 3.22. The van der Waals surface area contributed by atoms with Crippen molar-refractivity contribution >= 4 is 17.3 Å². The minimum absolute atomic E-state index is 0.170. The van der Waals surface area contributed by atoms with Crippen molar-refractivity contribution in [2.24, 2.45) is 0 Å². The third-order valence-corrected chi connectivity index (χ3v) is 5.54. The maximum Gasteiger partial charge on any atom is 0.356 e. The van der Waals surface area contributed by atoms with Crippen LogP contribution in [-0.2, 0) is 4.74 Å². The standard InChI is InChI=1S/C16H15NO3S/c18-16(19)13-14(9-4-2-1-3-5-9)21-15(17-13)11-8-10-6-7-12(11)20-10/h1-5,10-12H,6-8H2,(H,18,19). The van der Waals surface area contributed by atoms with Crippen LogP contribution >= 0.6 is 11.3 Å². The quantitative estimate of drug-likeness (QED) is 0.942. The number of benzene rings is 1. The number of hydrogen-bond acceptors (Lipinski definition) is 4.